The van der Waals surface area contributed by atoms with Crippen LogP contribution in [0.3, 0.4) is 0 Å². The van der Waals surface area contributed by atoms with Gasteiger partial charge in [-0.05, 0) is 55.2 Å². The number of nitrogens with one attached hydrogen (secondary N) is 2. The Morgan fingerprint density at radius 3 is 2.70 bits per heavy atom. The summed E-state index contributed by atoms with van der Waals surface area (Å²) >= 11 is 0. The monoisotopic (exact) mass is 517 g/mol. The molecule has 0 bridgehead atoms. The zero-order chi connectivity index (χ0) is 25.6. The number of halogens is 1. The van der Waals surface area contributed by atoms with Crippen molar-refractivity contribution in [2.45, 2.75) is 26.3 Å². The molecule has 1 saturated heterocycles. The van der Waals surface area contributed by atoms with E-state index in [0.717, 1.165) is 39.2 Å². The minimum Gasteiger partial charge on any atom is -0.481 e. The topological polar surface area (TPSA) is 88.5 Å². The molecule has 4 aromatic rings. The van der Waals surface area contributed by atoms with Gasteiger partial charge < -0.3 is 15.4 Å². The molecule has 1 aliphatic rings. The van der Waals surface area contributed by atoms with Gasteiger partial charge in [0.15, 0.2) is 6.61 Å². The number of carbonyl (C=O) groups excluding carboxylic acids is 1. The second-order valence-corrected chi connectivity index (χ2v) is 10.8. The van der Waals surface area contributed by atoms with E-state index in [-0.39, 0.29) is 29.0 Å². The molecule has 0 spiro atoms. The highest BCUT2D eigenvalue weighted by Crippen LogP contribution is 2.34. The molecule has 37 heavy (non-hydrogen) atoms. The van der Waals surface area contributed by atoms with Crippen LogP contribution in [-0.4, -0.2) is 34.0 Å². The maximum atomic E-state index is 14.1. The number of fused-ring (bicyclic) bond motifs is 1. The number of benzene rings is 3. The third kappa shape index (κ3) is 6.29. The van der Waals surface area contributed by atoms with E-state index >= 15 is 0 Å². The van der Waals surface area contributed by atoms with Crippen LogP contribution in [0.5, 0.6) is 5.75 Å². The zero-order valence-electron chi connectivity index (χ0n) is 20.5. The van der Waals surface area contributed by atoms with Crippen LogP contribution in [0.15, 0.2) is 71.4 Å². The molecule has 190 valence electrons. The molecule has 7 nitrogen and oxygen atoms in total. The fourth-order valence-electron chi connectivity index (χ4n) is 4.24. The maximum absolute atomic E-state index is 14.1. The van der Waals surface area contributed by atoms with Crippen LogP contribution in [-0.2, 0) is 22.0 Å². The molecule has 0 saturated carbocycles. The van der Waals surface area contributed by atoms with Crippen LogP contribution < -0.4 is 15.4 Å². The number of nitrogens with zero attached hydrogens (tertiary/aromatic N) is 3. The van der Waals surface area contributed by atoms with Gasteiger partial charge >= 0.3 is 0 Å². The van der Waals surface area contributed by atoms with Crippen LogP contribution in [0.4, 0.5) is 21.6 Å². The summed E-state index contributed by atoms with van der Waals surface area (Å²) in [6.07, 6.45) is 3.98. The molecule has 9 heteroatoms. The number of hydrogen-bond donors (Lipinski definition) is 2. The van der Waals surface area contributed by atoms with E-state index in [1.165, 1.54) is 31.3 Å². The Balaban J connectivity index is 1.33. The summed E-state index contributed by atoms with van der Waals surface area (Å²) in [6.45, 7) is 2.15. The molecular weight excluding hydrogens is 489 g/mol. The van der Waals surface area contributed by atoms with E-state index in [1.54, 1.807) is 6.07 Å². The lowest BCUT2D eigenvalue weighted by Crippen LogP contribution is -2.28. The van der Waals surface area contributed by atoms with E-state index in [4.69, 9.17) is 9.10 Å². The summed E-state index contributed by atoms with van der Waals surface area (Å²) in [6, 6.07) is 17.8. The molecule has 1 aliphatic heterocycles. The number of hydrogen-bond acceptors (Lipinski definition) is 6. The molecule has 0 aliphatic carbocycles. The molecular formula is C28H28FN5O2S. The van der Waals surface area contributed by atoms with Crippen LogP contribution in [0, 0.1) is 12.7 Å². The van der Waals surface area contributed by atoms with Gasteiger partial charge in [-0.2, -0.15) is 0 Å². The first-order chi connectivity index (χ1) is 18.0. The van der Waals surface area contributed by atoms with Crippen molar-refractivity contribution >= 4 is 44.7 Å². The second kappa shape index (κ2) is 11.5. The molecule has 2 N–H and O–H groups in total. The fourth-order valence-corrected chi connectivity index (χ4v) is 6.10. The van der Waals surface area contributed by atoms with Crippen molar-refractivity contribution in [3.8, 4) is 5.75 Å². The van der Waals surface area contributed by atoms with Crippen molar-refractivity contribution in [2.75, 3.05) is 23.4 Å². The third-order valence-corrected chi connectivity index (χ3v) is 8.04. The second-order valence-electron chi connectivity index (χ2n) is 8.86. The van der Waals surface area contributed by atoms with Crippen molar-refractivity contribution in [1.82, 2.24) is 15.3 Å². The Labute approximate surface area is 217 Å². The largest absolute Gasteiger partial charge is 0.481 e. The maximum Gasteiger partial charge on any atom is 0.258 e. The predicted molar refractivity (Wildman–Crippen MR) is 146 cm³/mol. The van der Waals surface area contributed by atoms with E-state index in [2.05, 4.69) is 26.7 Å². The summed E-state index contributed by atoms with van der Waals surface area (Å²) in [4.78, 5) is 21.2. The average Bonchev–Trinajstić information content (AvgIpc) is 3.41. The number of aromatic nitrogens is 2. The molecule has 1 aromatic heterocycles. The highest BCUT2D eigenvalue weighted by Gasteiger charge is 2.14. The first-order valence-corrected chi connectivity index (χ1v) is 13.7. The van der Waals surface area contributed by atoms with Gasteiger partial charge in [0.1, 0.15) is 23.7 Å². The normalized spacial score (nSPS) is 13.5. The highest BCUT2D eigenvalue weighted by atomic mass is 32.2. The van der Waals surface area contributed by atoms with Gasteiger partial charge in [0.05, 0.1) is 16.9 Å². The summed E-state index contributed by atoms with van der Waals surface area (Å²) < 4.78 is 24.7. The highest BCUT2D eigenvalue weighted by molar-refractivity contribution is 7.87. The first-order valence-electron chi connectivity index (χ1n) is 12.2. The van der Waals surface area contributed by atoms with Crippen molar-refractivity contribution in [3.63, 3.8) is 0 Å². The number of aryl methyl sites for hydroxylation is 1. The lowest BCUT2D eigenvalue weighted by molar-refractivity contribution is -0.123. The van der Waals surface area contributed by atoms with Gasteiger partial charge in [-0.1, -0.05) is 41.0 Å². The Bertz CT molecular complexity index is 1450. The number of amides is 1. The Hall–Kier alpha value is -3.85. The van der Waals surface area contributed by atoms with Crippen molar-refractivity contribution < 1.29 is 13.9 Å². The smallest absolute Gasteiger partial charge is 0.258 e. The summed E-state index contributed by atoms with van der Waals surface area (Å²) in [5, 5.41) is 6.92. The van der Waals surface area contributed by atoms with Crippen LogP contribution >= 0.6 is 0 Å². The van der Waals surface area contributed by atoms with Gasteiger partial charge in [-0.3, -0.25) is 4.79 Å². The lowest BCUT2D eigenvalue weighted by atomic mass is 10.1. The molecule has 5 rings (SSSR count). The first kappa shape index (κ1) is 24.8. The van der Waals surface area contributed by atoms with Crippen molar-refractivity contribution in [2.24, 2.45) is 4.36 Å². The average molecular weight is 518 g/mol. The van der Waals surface area contributed by atoms with Crippen molar-refractivity contribution in [1.29, 1.82) is 0 Å². The number of anilines is 2. The molecule has 0 radical (unpaired) electrons. The Kier molecular flexibility index (Phi) is 7.70. The Morgan fingerprint density at radius 1 is 1.08 bits per heavy atom. The SMILES string of the molecule is Cc1cc(N=S2CCCC2)cc2ncnc(Nc3ccc(F)cc3OCC(=O)NCc3ccccc3)c12. The Morgan fingerprint density at radius 2 is 1.89 bits per heavy atom. The van der Waals surface area contributed by atoms with Gasteiger partial charge in [0.2, 0.25) is 0 Å². The van der Waals surface area contributed by atoms with Gasteiger partial charge in [-0.15, -0.1) is 0 Å². The van der Waals surface area contributed by atoms with E-state index < -0.39 is 5.82 Å². The third-order valence-electron chi connectivity index (χ3n) is 6.05. The molecule has 0 unspecified atom stereocenters. The number of carbonyl (C=O) groups is 1. The molecule has 3 aromatic carbocycles. The van der Waals surface area contributed by atoms with Crippen LogP contribution in [0.25, 0.3) is 10.9 Å². The number of ether oxygens (including phenoxy) is 1. The van der Waals surface area contributed by atoms with Gasteiger partial charge in [0.25, 0.3) is 5.91 Å². The molecule has 1 fully saturated rings. The van der Waals surface area contributed by atoms with Crippen LogP contribution in [0.2, 0.25) is 0 Å². The summed E-state index contributed by atoms with van der Waals surface area (Å²) in [5.41, 5.74) is 4.19. The molecule has 1 amide bonds. The van der Waals surface area contributed by atoms with E-state index in [0.29, 0.717) is 18.1 Å². The fraction of sp³-hybridized carbons (Fsp3) is 0.250. The quantitative estimate of drug-likeness (QED) is 0.311. The van der Waals surface area contributed by atoms with Gasteiger partial charge in [0, 0.05) is 29.5 Å². The van der Waals surface area contributed by atoms with Gasteiger partial charge in [-0.25, -0.2) is 18.7 Å². The van der Waals surface area contributed by atoms with Crippen LogP contribution in [0.1, 0.15) is 24.0 Å². The summed E-state index contributed by atoms with van der Waals surface area (Å²) in [5.74, 6) is 2.33. The number of rotatable bonds is 8. The molecule has 0 atom stereocenters. The summed E-state index contributed by atoms with van der Waals surface area (Å²) in [7, 11) is 0.0905. The molecule has 2 heterocycles. The lowest BCUT2D eigenvalue weighted by Gasteiger charge is -2.15. The zero-order valence-corrected chi connectivity index (χ0v) is 21.4. The standard InChI is InChI=1S/C28H28FN5O2S/c1-19-13-22(34-37-11-5-6-12-37)15-24-27(19)28(32-18-31-24)33-23-10-9-21(29)14-25(23)36-17-26(35)30-16-20-7-3-2-4-8-20/h2-4,7-10,13-15,18H,5-6,11-12,16-17H2,1H3,(H,30,35)(H,31,32,33). The predicted octanol–water partition coefficient (Wildman–Crippen LogP) is 5.74. The van der Waals surface area contributed by atoms with Crippen molar-refractivity contribution in [3.05, 3.63) is 83.9 Å². The van der Waals surface area contributed by atoms with E-state index in [1.807, 2.05) is 43.3 Å². The minimum absolute atomic E-state index is 0.0905. The minimum atomic E-state index is -0.465. The van der Waals surface area contributed by atoms with E-state index in [9.17, 15) is 9.18 Å².